The summed E-state index contributed by atoms with van der Waals surface area (Å²) in [6, 6.07) is 0. The van der Waals surface area contributed by atoms with Crippen LogP contribution in [0.15, 0.2) is 0 Å². The first-order chi connectivity index (χ1) is 7.59. The number of ketones is 1. The first-order valence-electron chi connectivity index (χ1n) is 5.97. The van der Waals surface area contributed by atoms with Crippen LogP contribution in [0.2, 0.25) is 0 Å². The third kappa shape index (κ3) is 7.79. The van der Waals surface area contributed by atoms with Gasteiger partial charge in [0.15, 0.2) is 5.78 Å². The molecule has 0 saturated carbocycles. The molecule has 0 aliphatic heterocycles. The van der Waals surface area contributed by atoms with Crippen molar-refractivity contribution in [2.75, 3.05) is 33.4 Å². The molecule has 0 spiro atoms. The topological polar surface area (TPSA) is 47.6 Å². The lowest BCUT2D eigenvalue weighted by Crippen LogP contribution is -2.25. The molecule has 4 heteroatoms. The first kappa shape index (κ1) is 15.6. The molecule has 1 atom stereocenters. The fourth-order valence-electron chi connectivity index (χ4n) is 1.25. The molecule has 0 heterocycles. The maximum absolute atomic E-state index is 11.5. The summed E-state index contributed by atoms with van der Waals surface area (Å²) in [6.45, 7) is 8.44. The van der Waals surface area contributed by atoms with Gasteiger partial charge < -0.3 is 14.8 Å². The summed E-state index contributed by atoms with van der Waals surface area (Å²) in [7, 11) is 1.89. The molecule has 0 aliphatic rings. The zero-order valence-corrected chi connectivity index (χ0v) is 10.9. The molecule has 0 radical (unpaired) electrons. The number of Topliss-reactive ketones (excluding diaryl/α,β-unsaturated/α-hetero) is 1. The first-order valence-corrected chi connectivity index (χ1v) is 5.97. The number of likely N-dealkylation sites (N-methyl/N-ethyl adjacent to an activating group) is 1. The number of hydrogen-bond donors (Lipinski definition) is 1. The molecule has 0 fully saturated rings. The van der Waals surface area contributed by atoms with Crippen LogP contribution < -0.4 is 5.32 Å². The minimum absolute atomic E-state index is 0.0434. The molecule has 0 aromatic heterocycles. The number of nitrogens with one attached hydrogen (secondary N) is 1. The SMILES string of the molecule is CNCCOCCCO[C@@H](C)C(=O)C(C)C. The van der Waals surface area contributed by atoms with E-state index in [4.69, 9.17) is 9.47 Å². The van der Waals surface area contributed by atoms with Gasteiger partial charge in [0.1, 0.15) is 6.10 Å². The van der Waals surface area contributed by atoms with Crippen molar-refractivity contribution in [1.82, 2.24) is 5.32 Å². The van der Waals surface area contributed by atoms with E-state index in [1.807, 2.05) is 27.8 Å². The molecule has 0 amide bonds. The number of carbonyl (C=O) groups is 1. The second kappa shape index (κ2) is 9.75. The average molecular weight is 231 g/mol. The van der Waals surface area contributed by atoms with Gasteiger partial charge in [0.05, 0.1) is 6.61 Å². The highest BCUT2D eigenvalue weighted by Crippen LogP contribution is 2.03. The summed E-state index contributed by atoms with van der Waals surface area (Å²) in [5.41, 5.74) is 0. The fourth-order valence-corrected chi connectivity index (χ4v) is 1.25. The van der Waals surface area contributed by atoms with Crippen LogP contribution in [0.3, 0.4) is 0 Å². The third-order valence-electron chi connectivity index (χ3n) is 2.27. The molecule has 0 saturated heterocycles. The van der Waals surface area contributed by atoms with E-state index in [1.54, 1.807) is 0 Å². The lowest BCUT2D eigenvalue weighted by atomic mass is 10.1. The van der Waals surface area contributed by atoms with Gasteiger partial charge >= 0.3 is 0 Å². The Kier molecular flexibility index (Phi) is 9.48. The summed E-state index contributed by atoms with van der Waals surface area (Å²) in [6.07, 6.45) is 0.539. The predicted octanol–water partition coefficient (Wildman–Crippen LogP) is 1.24. The smallest absolute Gasteiger partial charge is 0.163 e. The van der Waals surface area contributed by atoms with Gasteiger partial charge in [0.25, 0.3) is 0 Å². The Balaban J connectivity index is 3.34. The quantitative estimate of drug-likeness (QED) is 0.575. The van der Waals surface area contributed by atoms with Gasteiger partial charge in [0, 0.05) is 25.7 Å². The molecule has 4 nitrogen and oxygen atoms in total. The average Bonchev–Trinajstić information content (AvgIpc) is 2.26. The zero-order chi connectivity index (χ0) is 12.4. The standard InChI is InChI=1S/C12H25NO3/c1-10(2)12(14)11(3)16-8-5-7-15-9-6-13-4/h10-11,13H,5-9H2,1-4H3/t11-/m0/s1. The van der Waals surface area contributed by atoms with E-state index < -0.39 is 0 Å². The molecule has 1 N–H and O–H groups in total. The molecule has 96 valence electrons. The third-order valence-corrected chi connectivity index (χ3v) is 2.27. The van der Waals surface area contributed by atoms with E-state index >= 15 is 0 Å². The zero-order valence-electron chi connectivity index (χ0n) is 10.9. The highest BCUT2D eigenvalue weighted by molar-refractivity contribution is 5.84. The lowest BCUT2D eigenvalue weighted by molar-refractivity contribution is -0.132. The maximum Gasteiger partial charge on any atom is 0.163 e. The van der Waals surface area contributed by atoms with Gasteiger partial charge in [0.2, 0.25) is 0 Å². The second-order valence-corrected chi connectivity index (χ2v) is 4.14. The van der Waals surface area contributed by atoms with Crippen molar-refractivity contribution in [3.63, 3.8) is 0 Å². The molecule has 16 heavy (non-hydrogen) atoms. The van der Waals surface area contributed by atoms with Gasteiger partial charge in [-0.2, -0.15) is 0 Å². The predicted molar refractivity (Wildman–Crippen MR) is 64.6 cm³/mol. The summed E-state index contributed by atoms with van der Waals surface area (Å²) < 4.78 is 10.8. The molecule has 0 unspecified atom stereocenters. The van der Waals surface area contributed by atoms with Crippen LogP contribution >= 0.6 is 0 Å². The molecular weight excluding hydrogens is 206 g/mol. The number of hydrogen-bond acceptors (Lipinski definition) is 4. The number of rotatable bonds is 10. The van der Waals surface area contributed by atoms with Crippen LogP contribution in [0.25, 0.3) is 0 Å². The molecule has 0 aromatic carbocycles. The van der Waals surface area contributed by atoms with E-state index in [0.717, 1.165) is 19.6 Å². The minimum atomic E-state index is -0.294. The van der Waals surface area contributed by atoms with Crippen LogP contribution in [0.5, 0.6) is 0 Å². The summed E-state index contributed by atoms with van der Waals surface area (Å²) in [5.74, 6) is 0.206. The van der Waals surface area contributed by atoms with Crippen LogP contribution in [-0.2, 0) is 14.3 Å². The van der Waals surface area contributed by atoms with Gasteiger partial charge in [-0.1, -0.05) is 13.8 Å². The Hall–Kier alpha value is -0.450. The van der Waals surface area contributed by atoms with Crippen molar-refractivity contribution in [2.45, 2.75) is 33.3 Å². The van der Waals surface area contributed by atoms with Gasteiger partial charge in [-0.15, -0.1) is 0 Å². The van der Waals surface area contributed by atoms with E-state index in [-0.39, 0.29) is 17.8 Å². The summed E-state index contributed by atoms with van der Waals surface area (Å²) >= 11 is 0. The molecule has 0 bridgehead atoms. The van der Waals surface area contributed by atoms with Crippen LogP contribution in [0, 0.1) is 5.92 Å². The van der Waals surface area contributed by atoms with Crippen molar-refractivity contribution in [2.24, 2.45) is 5.92 Å². The molecule has 0 aromatic rings. The van der Waals surface area contributed by atoms with E-state index in [0.29, 0.717) is 13.2 Å². The van der Waals surface area contributed by atoms with Gasteiger partial charge in [-0.25, -0.2) is 0 Å². The van der Waals surface area contributed by atoms with E-state index in [1.165, 1.54) is 0 Å². The van der Waals surface area contributed by atoms with Crippen LogP contribution in [0.1, 0.15) is 27.2 Å². The van der Waals surface area contributed by atoms with E-state index in [9.17, 15) is 4.79 Å². The summed E-state index contributed by atoms with van der Waals surface area (Å²) in [5, 5.41) is 3.00. The fraction of sp³-hybridized carbons (Fsp3) is 0.917. The van der Waals surface area contributed by atoms with Gasteiger partial charge in [-0.3, -0.25) is 4.79 Å². The number of carbonyl (C=O) groups excluding carboxylic acids is 1. The minimum Gasteiger partial charge on any atom is -0.380 e. The normalized spacial score (nSPS) is 13.1. The lowest BCUT2D eigenvalue weighted by Gasteiger charge is -2.14. The van der Waals surface area contributed by atoms with Crippen molar-refractivity contribution in [3.8, 4) is 0 Å². The van der Waals surface area contributed by atoms with Gasteiger partial charge in [-0.05, 0) is 20.4 Å². The molecular formula is C12H25NO3. The van der Waals surface area contributed by atoms with Crippen LogP contribution in [-0.4, -0.2) is 45.3 Å². The Morgan fingerprint density at radius 1 is 1.19 bits per heavy atom. The highest BCUT2D eigenvalue weighted by Gasteiger charge is 2.16. The maximum atomic E-state index is 11.5. The highest BCUT2D eigenvalue weighted by atomic mass is 16.5. The Bertz CT molecular complexity index is 183. The van der Waals surface area contributed by atoms with Crippen molar-refractivity contribution >= 4 is 5.78 Å². The Labute approximate surface area is 98.7 Å². The molecule has 0 aliphatic carbocycles. The second-order valence-electron chi connectivity index (χ2n) is 4.14. The Morgan fingerprint density at radius 3 is 2.44 bits per heavy atom. The van der Waals surface area contributed by atoms with Crippen molar-refractivity contribution < 1.29 is 14.3 Å². The Morgan fingerprint density at radius 2 is 1.88 bits per heavy atom. The van der Waals surface area contributed by atoms with Crippen molar-refractivity contribution in [3.05, 3.63) is 0 Å². The van der Waals surface area contributed by atoms with E-state index in [2.05, 4.69) is 5.32 Å². The summed E-state index contributed by atoms with van der Waals surface area (Å²) in [4.78, 5) is 11.5. The monoisotopic (exact) mass is 231 g/mol. The number of ether oxygens (including phenoxy) is 2. The van der Waals surface area contributed by atoms with Crippen LogP contribution in [0.4, 0.5) is 0 Å². The largest absolute Gasteiger partial charge is 0.380 e. The molecule has 0 rings (SSSR count). The van der Waals surface area contributed by atoms with Crippen molar-refractivity contribution in [1.29, 1.82) is 0 Å².